The molecule has 1 saturated heterocycles. The van der Waals surface area contributed by atoms with Crippen molar-refractivity contribution in [3.05, 3.63) is 131 Å². The maximum atomic E-state index is 13.9. The molecular weight excluding hydrogens is 525 g/mol. The van der Waals surface area contributed by atoms with Crippen LogP contribution < -0.4 is 4.90 Å². The van der Waals surface area contributed by atoms with Gasteiger partial charge in [0.15, 0.2) is 5.82 Å². The lowest BCUT2D eigenvalue weighted by molar-refractivity contribution is -0.137. The van der Waals surface area contributed by atoms with Crippen molar-refractivity contribution in [3.8, 4) is 0 Å². The van der Waals surface area contributed by atoms with Crippen molar-refractivity contribution in [1.29, 1.82) is 0 Å². The predicted octanol–water partition coefficient (Wildman–Crippen LogP) is 8.23. The van der Waals surface area contributed by atoms with Gasteiger partial charge in [-0.1, -0.05) is 48.0 Å². The van der Waals surface area contributed by atoms with Gasteiger partial charge < -0.3 is 4.90 Å². The SMILES string of the molecule is O=C(N1CCC(=C(c2ccc(F)cc2)c2ccc(F)cc2)CC1)N(c1ccccc1)c1ncccc1C(F)(F)F. The topological polar surface area (TPSA) is 36.4 Å². The van der Waals surface area contributed by atoms with Crippen LogP contribution in [0.15, 0.2) is 103 Å². The number of urea groups is 1. The zero-order valence-corrected chi connectivity index (χ0v) is 21.2. The average molecular weight is 550 g/mol. The van der Waals surface area contributed by atoms with Crippen LogP contribution >= 0.6 is 0 Å². The van der Waals surface area contributed by atoms with Gasteiger partial charge in [0.1, 0.15) is 11.6 Å². The molecule has 1 aliphatic rings. The molecule has 0 saturated carbocycles. The number of pyridine rings is 1. The third-order valence-electron chi connectivity index (χ3n) is 6.77. The van der Waals surface area contributed by atoms with Gasteiger partial charge in [-0.25, -0.2) is 23.5 Å². The first-order valence-corrected chi connectivity index (χ1v) is 12.6. The van der Waals surface area contributed by atoms with Gasteiger partial charge in [-0.15, -0.1) is 0 Å². The summed E-state index contributed by atoms with van der Waals surface area (Å²) in [5.41, 5.74) is 2.53. The summed E-state index contributed by atoms with van der Waals surface area (Å²) in [5.74, 6) is -1.27. The van der Waals surface area contributed by atoms with Crippen LogP contribution in [0.3, 0.4) is 0 Å². The smallest absolute Gasteiger partial charge is 0.323 e. The van der Waals surface area contributed by atoms with Crippen LogP contribution in [0.2, 0.25) is 0 Å². The van der Waals surface area contributed by atoms with Crippen LogP contribution in [-0.2, 0) is 6.18 Å². The fraction of sp³-hybridized carbons (Fsp3) is 0.161. The van der Waals surface area contributed by atoms with Gasteiger partial charge in [0, 0.05) is 19.3 Å². The van der Waals surface area contributed by atoms with E-state index >= 15 is 0 Å². The molecule has 0 spiro atoms. The maximum Gasteiger partial charge on any atom is 0.419 e. The van der Waals surface area contributed by atoms with Crippen molar-refractivity contribution in [2.24, 2.45) is 0 Å². The molecule has 3 aromatic carbocycles. The highest BCUT2D eigenvalue weighted by Gasteiger charge is 2.38. The number of hydrogen-bond acceptors (Lipinski definition) is 2. The number of para-hydroxylation sites is 1. The quantitative estimate of drug-likeness (QED) is 0.241. The molecule has 1 aliphatic heterocycles. The lowest BCUT2D eigenvalue weighted by atomic mass is 9.88. The highest BCUT2D eigenvalue weighted by molar-refractivity contribution is 5.99. The summed E-state index contributed by atoms with van der Waals surface area (Å²) >= 11 is 0. The lowest BCUT2D eigenvalue weighted by Gasteiger charge is -2.35. The molecule has 0 radical (unpaired) electrons. The number of hydrogen-bond donors (Lipinski definition) is 0. The van der Waals surface area contributed by atoms with E-state index in [0.29, 0.717) is 12.8 Å². The summed E-state index contributed by atoms with van der Waals surface area (Å²) in [4.78, 5) is 20.3. The molecule has 0 bridgehead atoms. The molecule has 4 nitrogen and oxygen atoms in total. The van der Waals surface area contributed by atoms with Gasteiger partial charge in [0.05, 0.1) is 11.3 Å². The standard InChI is InChI=1S/C31H24F5N3O/c32-24-12-8-21(9-13-24)28(22-10-14-25(33)15-11-22)23-16-19-38(20-17-23)30(40)39(26-5-2-1-3-6-26)29-27(31(34,35)36)7-4-18-37-29/h1-15,18H,16-17,19-20H2. The van der Waals surface area contributed by atoms with E-state index in [1.54, 1.807) is 54.6 Å². The van der Waals surface area contributed by atoms with E-state index in [2.05, 4.69) is 4.98 Å². The number of amides is 2. The highest BCUT2D eigenvalue weighted by atomic mass is 19.4. The Morgan fingerprint density at radius 1 is 0.750 bits per heavy atom. The largest absolute Gasteiger partial charge is 0.419 e. The Bertz CT molecular complexity index is 1460. The number of nitrogens with zero attached hydrogens (tertiary/aromatic N) is 3. The van der Waals surface area contributed by atoms with E-state index in [4.69, 9.17) is 0 Å². The first-order chi connectivity index (χ1) is 19.2. The number of likely N-dealkylation sites (tertiary alicyclic amines) is 1. The molecule has 0 N–H and O–H groups in total. The van der Waals surface area contributed by atoms with E-state index in [9.17, 15) is 26.7 Å². The summed E-state index contributed by atoms with van der Waals surface area (Å²) < 4.78 is 69.0. The number of carbonyl (C=O) groups is 1. The van der Waals surface area contributed by atoms with Gasteiger partial charge in [-0.05, 0) is 78.1 Å². The number of anilines is 2. The Hall–Kier alpha value is -4.53. The van der Waals surface area contributed by atoms with Crippen molar-refractivity contribution in [3.63, 3.8) is 0 Å². The van der Waals surface area contributed by atoms with Gasteiger partial charge in [0.25, 0.3) is 0 Å². The van der Waals surface area contributed by atoms with Crippen molar-refractivity contribution < 1.29 is 26.7 Å². The van der Waals surface area contributed by atoms with Crippen LogP contribution in [0.25, 0.3) is 5.57 Å². The van der Waals surface area contributed by atoms with E-state index in [1.807, 2.05) is 0 Å². The van der Waals surface area contributed by atoms with Crippen molar-refractivity contribution in [1.82, 2.24) is 9.88 Å². The van der Waals surface area contributed by atoms with Crippen LogP contribution in [0.4, 0.5) is 38.3 Å². The minimum atomic E-state index is -4.71. The van der Waals surface area contributed by atoms with E-state index in [0.717, 1.165) is 33.2 Å². The Morgan fingerprint density at radius 3 is 1.82 bits per heavy atom. The summed E-state index contributed by atoms with van der Waals surface area (Å²) in [6.45, 7) is 0.467. The zero-order chi connectivity index (χ0) is 28.3. The molecular formula is C31H24F5N3O. The number of alkyl halides is 3. The second-order valence-electron chi connectivity index (χ2n) is 9.31. The monoisotopic (exact) mass is 549 g/mol. The summed E-state index contributed by atoms with van der Waals surface area (Å²) in [5, 5.41) is 0. The van der Waals surface area contributed by atoms with Crippen LogP contribution in [0.5, 0.6) is 0 Å². The maximum absolute atomic E-state index is 13.9. The average Bonchev–Trinajstić information content (AvgIpc) is 2.96. The molecule has 9 heteroatoms. The third kappa shape index (κ3) is 5.73. The van der Waals surface area contributed by atoms with Gasteiger partial charge >= 0.3 is 12.2 Å². The van der Waals surface area contributed by atoms with Crippen LogP contribution in [-0.4, -0.2) is 29.0 Å². The van der Waals surface area contributed by atoms with Crippen molar-refractivity contribution >= 4 is 23.1 Å². The molecule has 0 atom stereocenters. The fourth-order valence-electron chi connectivity index (χ4n) is 4.86. The van der Waals surface area contributed by atoms with Gasteiger partial charge in [-0.3, -0.25) is 0 Å². The molecule has 1 aromatic heterocycles. The first-order valence-electron chi connectivity index (χ1n) is 12.6. The Balaban J connectivity index is 1.49. The Morgan fingerprint density at radius 2 is 1.30 bits per heavy atom. The molecule has 2 heterocycles. The van der Waals surface area contributed by atoms with Gasteiger partial charge in [-0.2, -0.15) is 13.2 Å². The van der Waals surface area contributed by atoms with Crippen molar-refractivity contribution in [2.75, 3.05) is 18.0 Å². The normalized spacial score (nSPS) is 13.7. The lowest BCUT2D eigenvalue weighted by Crippen LogP contribution is -2.44. The first kappa shape index (κ1) is 27.1. The van der Waals surface area contributed by atoms with E-state index in [-0.39, 0.29) is 30.4 Å². The number of halogens is 5. The van der Waals surface area contributed by atoms with Crippen LogP contribution in [0.1, 0.15) is 29.5 Å². The number of aromatic nitrogens is 1. The zero-order valence-electron chi connectivity index (χ0n) is 21.2. The molecule has 204 valence electrons. The minimum absolute atomic E-state index is 0.234. The summed E-state index contributed by atoms with van der Waals surface area (Å²) in [6, 6.07) is 21.6. The van der Waals surface area contributed by atoms with Crippen molar-refractivity contribution in [2.45, 2.75) is 19.0 Å². The summed E-state index contributed by atoms with van der Waals surface area (Å²) in [6.07, 6.45) is -2.64. The highest BCUT2D eigenvalue weighted by Crippen LogP contribution is 2.39. The predicted molar refractivity (Wildman–Crippen MR) is 143 cm³/mol. The fourth-order valence-corrected chi connectivity index (χ4v) is 4.86. The summed E-state index contributed by atoms with van der Waals surface area (Å²) in [7, 11) is 0. The number of benzene rings is 3. The van der Waals surface area contributed by atoms with Crippen LogP contribution in [0, 0.1) is 11.6 Å². The molecule has 1 fully saturated rings. The second-order valence-corrected chi connectivity index (χ2v) is 9.31. The molecule has 2 amide bonds. The van der Waals surface area contributed by atoms with Gasteiger partial charge in [0.2, 0.25) is 0 Å². The number of rotatable bonds is 4. The molecule has 5 rings (SSSR count). The third-order valence-corrected chi connectivity index (χ3v) is 6.77. The molecule has 40 heavy (non-hydrogen) atoms. The molecule has 0 aliphatic carbocycles. The molecule has 0 unspecified atom stereocenters. The minimum Gasteiger partial charge on any atom is -0.323 e. The Kier molecular flexibility index (Phi) is 7.64. The van der Waals surface area contributed by atoms with E-state index < -0.39 is 23.6 Å². The number of piperidine rings is 1. The number of carbonyl (C=O) groups excluding carboxylic acids is 1. The van der Waals surface area contributed by atoms with E-state index in [1.165, 1.54) is 41.4 Å². The Labute approximate surface area is 228 Å². The molecule has 4 aromatic rings. The second kappa shape index (κ2) is 11.3.